The monoisotopic (exact) mass is 498 g/mol. The SMILES string of the molecule is C1=Cc2c(nc(-c3ccccc3)n2-c2ccc(-c3cccc4c3ccc3cc5ccccc5cc34)cc2)CC1. The molecule has 0 spiro atoms. The van der Waals surface area contributed by atoms with Gasteiger partial charge in [0, 0.05) is 11.3 Å². The Morgan fingerprint density at radius 3 is 2.21 bits per heavy atom. The quantitative estimate of drug-likeness (QED) is 0.175. The molecule has 0 atom stereocenters. The summed E-state index contributed by atoms with van der Waals surface area (Å²) in [5.74, 6) is 1.00. The summed E-state index contributed by atoms with van der Waals surface area (Å²) in [6.45, 7) is 0. The van der Waals surface area contributed by atoms with Gasteiger partial charge in [0.1, 0.15) is 5.82 Å². The number of aromatic nitrogens is 2. The number of fused-ring (bicyclic) bond motifs is 5. The zero-order valence-electron chi connectivity index (χ0n) is 21.5. The van der Waals surface area contributed by atoms with Crippen LogP contribution in [0.5, 0.6) is 0 Å². The highest BCUT2D eigenvalue weighted by molar-refractivity contribution is 6.15. The van der Waals surface area contributed by atoms with Crippen molar-refractivity contribution in [1.82, 2.24) is 9.55 Å². The lowest BCUT2D eigenvalue weighted by atomic mass is 9.93. The van der Waals surface area contributed by atoms with Gasteiger partial charge in [-0.15, -0.1) is 0 Å². The van der Waals surface area contributed by atoms with E-state index in [4.69, 9.17) is 4.98 Å². The number of aryl methyl sites for hydroxylation is 1. The molecule has 0 amide bonds. The molecule has 0 bridgehead atoms. The molecule has 0 radical (unpaired) electrons. The van der Waals surface area contributed by atoms with Gasteiger partial charge in [0.05, 0.1) is 11.4 Å². The summed E-state index contributed by atoms with van der Waals surface area (Å²) in [6.07, 6.45) is 6.51. The zero-order chi connectivity index (χ0) is 25.8. The number of imidazole rings is 1. The normalized spacial score (nSPS) is 12.8. The Kier molecular flexibility index (Phi) is 4.99. The average molecular weight is 499 g/mol. The van der Waals surface area contributed by atoms with Crippen LogP contribution >= 0.6 is 0 Å². The zero-order valence-corrected chi connectivity index (χ0v) is 21.5. The molecule has 0 saturated heterocycles. The van der Waals surface area contributed by atoms with Crippen LogP contribution < -0.4 is 0 Å². The molecule has 39 heavy (non-hydrogen) atoms. The highest BCUT2D eigenvalue weighted by Gasteiger charge is 2.19. The summed E-state index contributed by atoms with van der Waals surface area (Å²) in [6, 6.07) is 43.9. The summed E-state index contributed by atoms with van der Waals surface area (Å²) in [5, 5.41) is 7.71. The van der Waals surface area contributed by atoms with Crippen LogP contribution in [-0.2, 0) is 6.42 Å². The van der Waals surface area contributed by atoms with Crippen LogP contribution in [0.4, 0.5) is 0 Å². The molecule has 0 aliphatic heterocycles. The Balaban J connectivity index is 1.26. The van der Waals surface area contributed by atoms with Crippen molar-refractivity contribution in [2.75, 3.05) is 0 Å². The van der Waals surface area contributed by atoms with Crippen molar-refractivity contribution in [1.29, 1.82) is 0 Å². The second kappa shape index (κ2) is 8.82. The standard InChI is InChI=1S/C37H26N2/c1-2-9-26(10-3-1)37-38-35-15-6-7-16-36(35)39(37)30-20-17-25(18-21-30)31-13-8-14-32-33(31)22-19-29-23-27-11-4-5-12-28(27)24-34(29)32/h1-5,7-14,16-24H,6,15H2. The lowest BCUT2D eigenvalue weighted by Gasteiger charge is -2.14. The molecular formula is C37H26N2. The topological polar surface area (TPSA) is 17.8 Å². The third kappa shape index (κ3) is 3.60. The van der Waals surface area contributed by atoms with Crippen molar-refractivity contribution in [3.8, 4) is 28.2 Å². The maximum atomic E-state index is 5.08. The molecule has 1 heterocycles. The predicted octanol–water partition coefficient (Wildman–Crippen LogP) is 9.63. The van der Waals surface area contributed by atoms with Gasteiger partial charge >= 0.3 is 0 Å². The minimum atomic E-state index is 0.982. The molecular weight excluding hydrogens is 472 g/mol. The maximum Gasteiger partial charge on any atom is 0.145 e. The van der Waals surface area contributed by atoms with Crippen molar-refractivity contribution in [3.05, 3.63) is 139 Å². The summed E-state index contributed by atoms with van der Waals surface area (Å²) >= 11 is 0. The highest BCUT2D eigenvalue weighted by atomic mass is 15.1. The van der Waals surface area contributed by atoms with E-state index in [0.717, 1.165) is 29.9 Å². The van der Waals surface area contributed by atoms with E-state index in [1.54, 1.807) is 0 Å². The average Bonchev–Trinajstić information content (AvgIpc) is 3.40. The Bertz CT molecular complexity index is 2040. The molecule has 2 nitrogen and oxygen atoms in total. The molecule has 1 aromatic heterocycles. The lowest BCUT2D eigenvalue weighted by molar-refractivity contribution is 0.936. The van der Waals surface area contributed by atoms with Crippen LogP contribution in [0, 0.1) is 0 Å². The fraction of sp³-hybridized carbons (Fsp3) is 0.0541. The van der Waals surface area contributed by atoms with Gasteiger partial charge in [-0.2, -0.15) is 0 Å². The number of hydrogen-bond acceptors (Lipinski definition) is 1. The van der Waals surface area contributed by atoms with Crippen LogP contribution in [-0.4, -0.2) is 9.55 Å². The maximum absolute atomic E-state index is 5.08. The second-order valence-electron chi connectivity index (χ2n) is 10.3. The van der Waals surface area contributed by atoms with E-state index >= 15 is 0 Å². The fourth-order valence-electron chi connectivity index (χ4n) is 6.11. The fourth-order valence-corrected chi connectivity index (χ4v) is 6.11. The molecule has 0 N–H and O–H groups in total. The third-order valence-corrected chi connectivity index (χ3v) is 8.02. The van der Waals surface area contributed by atoms with Gasteiger partial charge in [0.25, 0.3) is 0 Å². The summed E-state index contributed by atoms with van der Waals surface area (Å²) in [7, 11) is 0. The van der Waals surface area contributed by atoms with Crippen LogP contribution in [0.1, 0.15) is 17.8 Å². The van der Waals surface area contributed by atoms with Gasteiger partial charge in [0.2, 0.25) is 0 Å². The lowest BCUT2D eigenvalue weighted by Crippen LogP contribution is -2.02. The largest absolute Gasteiger partial charge is 0.293 e. The first-order valence-electron chi connectivity index (χ1n) is 13.6. The van der Waals surface area contributed by atoms with Gasteiger partial charge < -0.3 is 0 Å². The van der Waals surface area contributed by atoms with Gasteiger partial charge in [-0.1, -0.05) is 103 Å². The van der Waals surface area contributed by atoms with E-state index in [0.29, 0.717) is 0 Å². The summed E-state index contributed by atoms with van der Waals surface area (Å²) < 4.78 is 2.31. The molecule has 1 aliphatic carbocycles. The molecule has 1 aliphatic rings. The second-order valence-corrected chi connectivity index (χ2v) is 10.3. The Hall–Kier alpha value is -4.95. The van der Waals surface area contributed by atoms with Gasteiger partial charge in [-0.3, -0.25) is 4.57 Å². The molecule has 6 aromatic carbocycles. The number of benzene rings is 6. The molecule has 7 aromatic rings. The van der Waals surface area contributed by atoms with Crippen molar-refractivity contribution in [3.63, 3.8) is 0 Å². The smallest absolute Gasteiger partial charge is 0.145 e. The number of hydrogen-bond donors (Lipinski definition) is 0. The van der Waals surface area contributed by atoms with E-state index in [-0.39, 0.29) is 0 Å². The van der Waals surface area contributed by atoms with E-state index in [2.05, 4.69) is 138 Å². The Labute approximate surface area is 227 Å². The first-order valence-corrected chi connectivity index (χ1v) is 13.6. The molecule has 0 unspecified atom stereocenters. The van der Waals surface area contributed by atoms with Crippen LogP contribution in [0.25, 0.3) is 66.6 Å². The number of nitrogens with zero attached hydrogens (tertiary/aromatic N) is 2. The summed E-state index contributed by atoms with van der Waals surface area (Å²) in [5.41, 5.74) is 7.11. The van der Waals surface area contributed by atoms with E-state index in [1.807, 2.05) is 0 Å². The van der Waals surface area contributed by atoms with Crippen LogP contribution in [0.2, 0.25) is 0 Å². The molecule has 2 heteroatoms. The number of rotatable bonds is 3. The van der Waals surface area contributed by atoms with E-state index < -0.39 is 0 Å². The van der Waals surface area contributed by atoms with Crippen molar-refractivity contribution >= 4 is 38.4 Å². The first-order chi connectivity index (χ1) is 19.3. The number of allylic oxidation sites excluding steroid dienone is 1. The van der Waals surface area contributed by atoms with Crippen molar-refractivity contribution in [2.45, 2.75) is 12.8 Å². The minimum absolute atomic E-state index is 0.982. The van der Waals surface area contributed by atoms with Gasteiger partial charge in [-0.25, -0.2) is 4.98 Å². The molecule has 8 rings (SSSR count). The van der Waals surface area contributed by atoms with Crippen molar-refractivity contribution in [2.24, 2.45) is 0 Å². The Morgan fingerprint density at radius 2 is 1.36 bits per heavy atom. The van der Waals surface area contributed by atoms with E-state index in [9.17, 15) is 0 Å². The molecule has 0 fully saturated rings. The van der Waals surface area contributed by atoms with Crippen molar-refractivity contribution < 1.29 is 0 Å². The minimum Gasteiger partial charge on any atom is -0.293 e. The first kappa shape index (κ1) is 22.1. The highest BCUT2D eigenvalue weighted by Crippen LogP contribution is 2.36. The summed E-state index contributed by atoms with van der Waals surface area (Å²) in [4.78, 5) is 5.08. The van der Waals surface area contributed by atoms with Crippen LogP contribution in [0.15, 0.2) is 127 Å². The molecule has 0 saturated carbocycles. The Morgan fingerprint density at radius 1 is 0.564 bits per heavy atom. The van der Waals surface area contributed by atoms with Gasteiger partial charge in [-0.05, 0) is 86.6 Å². The molecule has 184 valence electrons. The third-order valence-electron chi connectivity index (χ3n) is 8.02. The van der Waals surface area contributed by atoms with Crippen LogP contribution in [0.3, 0.4) is 0 Å². The van der Waals surface area contributed by atoms with E-state index in [1.165, 1.54) is 54.8 Å². The van der Waals surface area contributed by atoms with Gasteiger partial charge in [0.15, 0.2) is 0 Å². The predicted molar refractivity (Wildman–Crippen MR) is 164 cm³/mol.